The molecule has 0 saturated heterocycles. The fourth-order valence-corrected chi connectivity index (χ4v) is 3.13. The first-order chi connectivity index (χ1) is 9.79. The smallest absolute Gasteiger partial charge is 0.125 e. The van der Waals surface area contributed by atoms with Crippen molar-refractivity contribution in [2.75, 3.05) is 11.9 Å². The first-order valence-electron chi connectivity index (χ1n) is 7.63. The van der Waals surface area contributed by atoms with Gasteiger partial charge in [0, 0.05) is 36.3 Å². The van der Waals surface area contributed by atoms with Gasteiger partial charge in [-0.2, -0.15) is 10.2 Å². The molecule has 2 aromatic rings. The van der Waals surface area contributed by atoms with Crippen LogP contribution in [-0.4, -0.2) is 26.1 Å². The van der Waals surface area contributed by atoms with Crippen LogP contribution in [-0.2, 0) is 12.5 Å². The van der Waals surface area contributed by atoms with Gasteiger partial charge in [0.15, 0.2) is 0 Å². The molecule has 5 heteroatoms. The topological polar surface area (TPSA) is 47.7 Å². The summed E-state index contributed by atoms with van der Waals surface area (Å²) >= 11 is 0. The van der Waals surface area contributed by atoms with Gasteiger partial charge in [0.1, 0.15) is 5.82 Å². The Kier molecular flexibility index (Phi) is 3.11. The van der Waals surface area contributed by atoms with Crippen molar-refractivity contribution >= 4 is 5.82 Å². The molecular weight excluding hydrogens is 262 g/mol. The molecule has 1 atom stereocenters. The summed E-state index contributed by atoms with van der Waals surface area (Å²) in [6.45, 7) is 11.8. The van der Waals surface area contributed by atoms with Crippen LogP contribution >= 0.6 is 0 Å². The summed E-state index contributed by atoms with van der Waals surface area (Å²) in [6, 6.07) is 2.47. The van der Waals surface area contributed by atoms with E-state index in [1.807, 2.05) is 11.7 Å². The van der Waals surface area contributed by atoms with E-state index in [9.17, 15) is 0 Å². The molecular formula is C16H25N5. The Bertz CT molecular complexity index is 672. The van der Waals surface area contributed by atoms with Crippen molar-refractivity contribution in [3.63, 3.8) is 0 Å². The molecule has 1 aliphatic rings. The Labute approximate surface area is 126 Å². The molecule has 0 amide bonds. The molecule has 2 aromatic heterocycles. The summed E-state index contributed by atoms with van der Waals surface area (Å²) in [5.41, 5.74) is 4.87. The third-order valence-electron chi connectivity index (χ3n) is 4.42. The Hall–Kier alpha value is -1.78. The van der Waals surface area contributed by atoms with Crippen LogP contribution in [0.4, 0.5) is 5.82 Å². The second kappa shape index (κ2) is 4.61. The van der Waals surface area contributed by atoms with Gasteiger partial charge in [-0.1, -0.05) is 20.8 Å². The van der Waals surface area contributed by atoms with E-state index in [-0.39, 0.29) is 11.5 Å². The molecule has 0 aromatic carbocycles. The Balaban J connectivity index is 2.10. The first kappa shape index (κ1) is 14.2. The highest BCUT2D eigenvalue weighted by Gasteiger charge is 2.29. The highest BCUT2D eigenvalue weighted by molar-refractivity contribution is 5.44. The zero-order valence-corrected chi connectivity index (χ0v) is 13.9. The molecule has 0 spiro atoms. The van der Waals surface area contributed by atoms with Gasteiger partial charge in [-0.15, -0.1) is 0 Å². The molecule has 21 heavy (non-hydrogen) atoms. The van der Waals surface area contributed by atoms with Gasteiger partial charge in [-0.3, -0.25) is 4.68 Å². The molecule has 1 unspecified atom stereocenters. The number of aromatic nitrogens is 4. The van der Waals surface area contributed by atoms with Crippen molar-refractivity contribution in [2.45, 2.75) is 52.5 Å². The number of nitrogens with one attached hydrogen (secondary N) is 1. The van der Waals surface area contributed by atoms with Crippen molar-refractivity contribution in [3.05, 3.63) is 28.7 Å². The second-order valence-electron chi connectivity index (χ2n) is 7.05. The number of anilines is 1. The lowest BCUT2D eigenvalue weighted by molar-refractivity contribution is 0.459. The highest BCUT2D eigenvalue weighted by atomic mass is 15.4. The summed E-state index contributed by atoms with van der Waals surface area (Å²) in [4.78, 5) is 0. The lowest BCUT2D eigenvalue weighted by Crippen LogP contribution is -2.25. The minimum Gasteiger partial charge on any atom is -0.370 e. The first-order valence-corrected chi connectivity index (χ1v) is 7.63. The standard InChI is InChI=1S/C16H25N5/c1-10-15(11(2)20(6)18-10)12-7-8-17-14-9-13(16(3,4)5)19-21(12)14/h9,12,17H,7-8H2,1-6H3. The average molecular weight is 287 g/mol. The van der Waals surface area contributed by atoms with Crippen LogP contribution in [0.2, 0.25) is 0 Å². The third-order valence-corrected chi connectivity index (χ3v) is 4.42. The number of aryl methyl sites for hydroxylation is 2. The van der Waals surface area contributed by atoms with Crippen molar-refractivity contribution in [3.8, 4) is 0 Å². The van der Waals surface area contributed by atoms with Crippen molar-refractivity contribution < 1.29 is 0 Å². The maximum Gasteiger partial charge on any atom is 0.125 e. The lowest BCUT2D eigenvalue weighted by Gasteiger charge is -2.26. The van der Waals surface area contributed by atoms with Crippen LogP contribution in [0.5, 0.6) is 0 Å². The molecule has 0 radical (unpaired) electrons. The van der Waals surface area contributed by atoms with E-state index in [2.05, 4.69) is 55.8 Å². The van der Waals surface area contributed by atoms with E-state index in [1.54, 1.807) is 0 Å². The van der Waals surface area contributed by atoms with Crippen LogP contribution in [0.1, 0.15) is 55.9 Å². The summed E-state index contributed by atoms with van der Waals surface area (Å²) in [7, 11) is 2.01. The maximum absolute atomic E-state index is 4.89. The fourth-order valence-electron chi connectivity index (χ4n) is 3.13. The SMILES string of the molecule is Cc1nn(C)c(C)c1C1CCNc2cc(C(C)(C)C)nn21. The molecule has 1 N–H and O–H groups in total. The molecule has 5 nitrogen and oxygen atoms in total. The van der Waals surface area contributed by atoms with Gasteiger partial charge in [0.25, 0.3) is 0 Å². The minimum absolute atomic E-state index is 0.0651. The van der Waals surface area contributed by atoms with Crippen LogP contribution in [0.3, 0.4) is 0 Å². The molecule has 0 saturated carbocycles. The summed E-state index contributed by atoms with van der Waals surface area (Å²) in [5, 5.41) is 12.9. The molecule has 3 rings (SSSR count). The molecule has 0 fully saturated rings. The van der Waals surface area contributed by atoms with E-state index in [0.29, 0.717) is 0 Å². The zero-order valence-electron chi connectivity index (χ0n) is 13.9. The molecule has 114 valence electrons. The summed E-state index contributed by atoms with van der Waals surface area (Å²) in [6.07, 6.45) is 1.05. The lowest BCUT2D eigenvalue weighted by atomic mass is 9.92. The van der Waals surface area contributed by atoms with Gasteiger partial charge in [-0.25, -0.2) is 4.68 Å². The number of hydrogen-bond donors (Lipinski definition) is 1. The van der Waals surface area contributed by atoms with Crippen molar-refractivity contribution in [1.29, 1.82) is 0 Å². The van der Waals surface area contributed by atoms with E-state index in [1.165, 1.54) is 11.3 Å². The third kappa shape index (κ3) is 2.24. The van der Waals surface area contributed by atoms with Gasteiger partial charge < -0.3 is 5.32 Å². The predicted molar refractivity (Wildman–Crippen MR) is 84.9 cm³/mol. The van der Waals surface area contributed by atoms with Crippen molar-refractivity contribution in [2.24, 2.45) is 7.05 Å². The zero-order chi connectivity index (χ0) is 15.4. The van der Waals surface area contributed by atoms with Crippen LogP contribution in [0.25, 0.3) is 0 Å². The van der Waals surface area contributed by atoms with E-state index in [0.717, 1.165) is 30.2 Å². The number of nitrogens with zero attached hydrogens (tertiary/aromatic N) is 4. The molecule has 3 heterocycles. The van der Waals surface area contributed by atoms with E-state index in [4.69, 9.17) is 5.10 Å². The molecule has 0 aliphatic carbocycles. The quantitative estimate of drug-likeness (QED) is 0.877. The Morgan fingerprint density at radius 2 is 1.95 bits per heavy atom. The molecule has 0 bridgehead atoms. The monoisotopic (exact) mass is 287 g/mol. The van der Waals surface area contributed by atoms with E-state index >= 15 is 0 Å². The van der Waals surface area contributed by atoms with Crippen molar-refractivity contribution in [1.82, 2.24) is 19.6 Å². The summed E-state index contributed by atoms with van der Waals surface area (Å²) in [5.74, 6) is 1.12. The number of fused-ring (bicyclic) bond motifs is 1. The minimum atomic E-state index is 0.0651. The highest BCUT2D eigenvalue weighted by Crippen LogP contribution is 2.35. The number of rotatable bonds is 1. The normalized spacial score (nSPS) is 18.5. The maximum atomic E-state index is 4.89. The van der Waals surface area contributed by atoms with Gasteiger partial charge >= 0.3 is 0 Å². The largest absolute Gasteiger partial charge is 0.370 e. The van der Waals surface area contributed by atoms with Gasteiger partial charge in [0.2, 0.25) is 0 Å². The van der Waals surface area contributed by atoms with Gasteiger partial charge in [-0.05, 0) is 20.3 Å². The molecule has 1 aliphatic heterocycles. The van der Waals surface area contributed by atoms with Crippen LogP contribution in [0.15, 0.2) is 6.07 Å². The van der Waals surface area contributed by atoms with Crippen LogP contribution in [0, 0.1) is 13.8 Å². The summed E-state index contributed by atoms with van der Waals surface area (Å²) < 4.78 is 4.13. The fraction of sp³-hybridized carbons (Fsp3) is 0.625. The van der Waals surface area contributed by atoms with E-state index < -0.39 is 0 Å². The van der Waals surface area contributed by atoms with Crippen LogP contribution < -0.4 is 5.32 Å². The average Bonchev–Trinajstić information content (AvgIpc) is 2.92. The van der Waals surface area contributed by atoms with Gasteiger partial charge in [0.05, 0.1) is 17.4 Å². The predicted octanol–water partition coefficient (Wildman–Crippen LogP) is 2.94. The Morgan fingerprint density at radius 1 is 1.24 bits per heavy atom. The second-order valence-corrected chi connectivity index (χ2v) is 7.05. The number of hydrogen-bond acceptors (Lipinski definition) is 3. The Morgan fingerprint density at radius 3 is 2.52 bits per heavy atom.